The van der Waals surface area contributed by atoms with E-state index in [1.165, 1.54) is 17.0 Å². The van der Waals surface area contributed by atoms with Gasteiger partial charge < -0.3 is 5.32 Å². The van der Waals surface area contributed by atoms with Crippen molar-refractivity contribution in [1.29, 1.82) is 5.26 Å². The summed E-state index contributed by atoms with van der Waals surface area (Å²) in [6, 6.07) is 4.02. The predicted molar refractivity (Wildman–Crippen MR) is 71.1 cm³/mol. The molecule has 0 amide bonds. The van der Waals surface area contributed by atoms with Crippen LogP contribution in [0.5, 0.6) is 0 Å². The van der Waals surface area contributed by atoms with Crippen molar-refractivity contribution in [3.8, 4) is 6.07 Å². The number of hydrogen-bond donors (Lipinski definition) is 1. The summed E-state index contributed by atoms with van der Waals surface area (Å²) in [6.07, 6.45) is 5.11. The molecule has 2 aromatic rings. The number of pyridine rings is 1. The molecule has 18 heavy (non-hydrogen) atoms. The van der Waals surface area contributed by atoms with Crippen LogP contribution in [0.15, 0.2) is 12.3 Å². The van der Waals surface area contributed by atoms with E-state index in [2.05, 4.69) is 21.4 Å². The number of nitrogens with zero attached hydrogens (tertiary/aromatic N) is 3. The second-order valence-electron chi connectivity index (χ2n) is 4.33. The molecular weight excluding hydrogens is 244 g/mol. The SMILES string of the molecule is Cc1ccnc(Nc2nc3c(s2)CCC3)c1C#N. The third kappa shape index (κ3) is 1.85. The van der Waals surface area contributed by atoms with Gasteiger partial charge in [0.2, 0.25) is 0 Å². The van der Waals surface area contributed by atoms with Crippen molar-refractivity contribution in [2.45, 2.75) is 26.2 Å². The summed E-state index contributed by atoms with van der Waals surface area (Å²) in [5, 5.41) is 13.2. The maximum atomic E-state index is 9.15. The molecule has 1 aliphatic rings. The Morgan fingerprint density at radius 2 is 2.33 bits per heavy atom. The van der Waals surface area contributed by atoms with Crippen molar-refractivity contribution in [2.75, 3.05) is 5.32 Å². The lowest BCUT2D eigenvalue weighted by atomic mass is 10.1. The molecule has 0 fully saturated rings. The molecule has 0 radical (unpaired) electrons. The highest BCUT2D eigenvalue weighted by Crippen LogP contribution is 2.32. The Kier molecular flexibility index (Phi) is 2.73. The molecule has 1 N–H and O–H groups in total. The molecule has 4 nitrogen and oxygen atoms in total. The molecule has 3 rings (SSSR count). The van der Waals surface area contributed by atoms with E-state index in [1.807, 2.05) is 13.0 Å². The van der Waals surface area contributed by atoms with Gasteiger partial charge in [-0.2, -0.15) is 5.26 Å². The fourth-order valence-electron chi connectivity index (χ4n) is 2.14. The van der Waals surface area contributed by atoms with Crippen molar-refractivity contribution in [3.63, 3.8) is 0 Å². The van der Waals surface area contributed by atoms with Gasteiger partial charge in [-0.1, -0.05) is 0 Å². The zero-order valence-electron chi connectivity index (χ0n) is 10.0. The van der Waals surface area contributed by atoms with Crippen LogP contribution < -0.4 is 5.32 Å². The summed E-state index contributed by atoms with van der Waals surface area (Å²) >= 11 is 1.67. The van der Waals surface area contributed by atoms with Gasteiger partial charge in [-0.3, -0.25) is 0 Å². The van der Waals surface area contributed by atoms with Gasteiger partial charge in [-0.05, 0) is 37.8 Å². The van der Waals surface area contributed by atoms with Crippen LogP contribution in [0.25, 0.3) is 0 Å². The number of anilines is 2. The zero-order valence-corrected chi connectivity index (χ0v) is 10.8. The Balaban J connectivity index is 1.93. The van der Waals surface area contributed by atoms with Crippen LogP contribution >= 0.6 is 11.3 Å². The lowest BCUT2D eigenvalue weighted by molar-refractivity contribution is 0.900. The van der Waals surface area contributed by atoms with Crippen LogP contribution in [-0.2, 0) is 12.8 Å². The average molecular weight is 256 g/mol. The quantitative estimate of drug-likeness (QED) is 0.897. The molecule has 1 aliphatic carbocycles. The molecule has 0 atom stereocenters. The van der Waals surface area contributed by atoms with Crippen LogP contribution in [0.2, 0.25) is 0 Å². The van der Waals surface area contributed by atoms with Crippen molar-refractivity contribution < 1.29 is 0 Å². The van der Waals surface area contributed by atoms with E-state index in [0.29, 0.717) is 11.4 Å². The van der Waals surface area contributed by atoms with Gasteiger partial charge in [0.25, 0.3) is 0 Å². The van der Waals surface area contributed by atoms with E-state index in [4.69, 9.17) is 5.26 Å². The summed E-state index contributed by atoms with van der Waals surface area (Å²) in [5.41, 5.74) is 2.72. The van der Waals surface area contributed by atoms with Crippen LogP contribution in [0, 0.1) is 18.3 Å². The normalized spacial score (nSPS) is 13.1. The Hall–Kier alpha value is -1.93. The fraction of sp³-hybridized carbons (Fsp3) is 0.308. The second-order valence-corrected chi connectivity index (χ2v) is 5.41. The Morgan fingerprint density at radius 3 is 3.11 bits per heavy atom. The van der Waals surface area contributed by atoms with Crippen molar-refractivity contribution in [3.05, 3.63) is 34.0 Å². The molecule has 0 saturated heterocycles. The molecule has 2 aromatic heterocycles. The highest BCUT2D eigenvalue weighted by atomic mass is 32.1. The number of hydrogen-bond acceptors (Lipinski definition) is 5. The molecule has 0 bridgehead atoms. The molecule has 0 saturated carbocycles. The van der Waals surface area contributed by atoms with E-state index in [0.717, 1.165) is 23.5 Å². The molecule has 5 heteroatoms. The topological polar surface area (TPSA) is 61.6 Å². The van der Waals surface area contributed by atoms with E-state index in [-0.39, 0.29) is 0 Å². The van der Waals surface area contributed by atoms with Gasteiger partial charge in [0, 0.05) is 11.1 Å². The number of nitrogens with one attached hydrogen (secondary N) is 1. The first-order valence-electron chi connectivity index (χ1n) is 5.89. The summed E-state index contributed by atoms with van der Waals surface area (Å²) < 4.78 is 0. The molecule has 90 valence electrons. The summed E-state index contributed by atoms with van der Waals surface area (Å²) in [7, 11) is 0. The van der Waals surface area contributed by atoms with E-state index in [1.54, 1.807) is 17.5 Å². The Bertz CT molecular complexity index is 617. The maximum absolute atomic E-state index is 9.15. The lowest BCUT2D eigenvalue weighted by Gasteiger charge is -2.05. The first kappa shape index (κ1) is 11.2. The standard InChI is InChI=1S/C13H12N4S/c1-8-5-6-15-12(9(8)7-14)17-13-16-10-3-2-4-11(10)18-13/h5-6H,2-4H2,1H3,(H,15,16,17). The van der Waals surface area contributed by atoms with Crippen LogP contribution in [0.4, 0.5) is 10.9 Å². The molecule has 0 spiro atoms. The fourth-order valence-corrected chi connectivity index (χ4v) is 3.19. The molecule has 0 aliphatic heterocycles. The largest absolute Gasteiger partial charge is 0.315 e. The van der Waals surface area contributed by atoms with E-state index < -0.39 is 0 Å². The van der Waals surface area contributed by atoms with Gasteiger partial charge in [-0.25, -0.2) is 9.97 Å². The highest BCUT2D eigenvalue weighted by molar-refractivity contribution is 7.15. The minimum absolute atomic E-state index is 0.591. The third-order valence-electron chi connectivity index (χ3n) is 3.09. The smallest absolute Gasteiger partial charge is 0.188 e. The van der Waals surface area contributed by atoms with Gasteiger partial charge in [-0.15, -0.1) is 11.3 Å². The Labute approximate surface area is 109 Å². The van der Waals surface area contributed by atoms with Gasteiger partial charge in [0.1, 0.15) is 11.9 Å². The number of rotatable bonds is 2. The monoisotopic (exact) mass is 256 g/mol. The van der Waals surface area contributed by atoms with Gasteiger partial charge in [0.05, 0.1) is 11.3 Å². The van der Waals surface area contributed by atoms with Gasteiger partial charge >= 0.3 is 0 Å². The first-order chi connectivity index (χ1) is 8.78. The van der Waals surface area contributed by atoms with E-state index >= 15 is 0 Å². The number of thiazole rings is 1. The first-order valence-corrected chi connectivity index (χ1v) is 6.71. The summed E-state index contributed by atoms with van der Waals surface area (Å²) in [6.45, 7) is 1.91. The number of fused-ring (bicyclic) bond motifs is 1. The number of nitriles is 1. The average Bonchev–Trinajstić information content (AvgIpc) is 2.90. The third-order valence-corrected chi connectivity index (χ3v) is 4.16. The minimum atomic E-state index is 0.591. The molecule has 0 aromatic carbocycles. The van der Waals surface area contributed by atoms with Crippen LogP contribution in [0.3, 0.4) is 0 Å². The van der Waals surface area contributed by atoms with Crippen LogP contribution in [-0.4, -0.2) is 9.97 Å². The van der Waals surface area contributed by atoms with Gasteiger partial charge in [0.15, 0.2) is 5.13 Å². The molecular formula is C13H12N4S. The number of aryl methyl sites for hydroxylation is 3. The lowest BCUT2D eigenvalue weighted by Crippen LogP contribution is -1.98. The van der Waals surface area contributed by atoms with Crippen molar-refractivity contribution >= 4 is 22.3 Å². The molecule has 2 heterocycles. The summed E-state index contributed by atoms with van der Waals surface area (Å²) in [5.74, 6) is 0.602. The second kappa shape index (κ2) is 4.39. The number of aromatic nitrogens is 2. The molecule has 0 unspecified atom stereocenters. The predicted octanol–water partition coefficient (Wildman–Crippen LogP) is 2.95. The van der Waals surface area contributed by atoms with E-state index in [9.17, 15) is 0 Å². The zero-order chi connectivity index (χ0) is 12.5. The highest BCUT2D eigenvalue weighted by Gasteiger charge is 2.17. The Morgan fingerprint density at radius 1 is 1.44 bits per heavy atom. The minimum Gasteiger partial charge on any atom is -0.315 e. The maximum Gasteiger partial charge on any atom is 0.188 e. The van der Waals surface area contributed by atoms with Crippen molar-refractivity contribution in [1.82, 2.24) is 9.97 Å². The van der Waals surface area contributed by atoms with Crippen molar-refractivity contribution in [2.24, 2.45) is 0 Å². The summed E-state index contributed by atoms with van der Waals surface area (Å²) in [4.78, 5) is 10.1. The van der Waals surface area contributed by atoms with Crippen LogP contribution in [0.1, 0.15) is 28.1 Å².